The van der Waals surface area contributed by atoms with Crippen molar-refractivity contribution in [3.8, 4) is 0 Å². The maximum absolute atomic E-state index is 12.7. The number of carbonyl (C=O) groups is 5. The van der Waals surface area contributed by atoms with Crippen molar-refractivity contribution in [3.63, 3.8) is 0 Å². The summed E-state index contributed by atoms with van der Waals surface area (Å²) in [6, 6.07) is 3.49. The molecule has 9 heteroatoms. The minimum absolute atomic E-state index is 0.0374. The van der Waals surface area contributed by atoms with Crippen LogP contribution in [0.25, 0.3) is 0 Å². The van der Waals surface area contributed by atoms with Crippen molar-refractivity contribution < 1.29 is 24.0 Å². The van der Waals surface area contributed by atoms with Crippen molar-refractivity contribution in [2.75, 3.05) is 10.6 Å². The third-order valence-electron chi connectivity index (χ3n) is 3.86. The summed E-state index contributed by atoms with van der Waals surface area (Å²) >= 11 is 3.01. The summed E-state index contributed by atoms with van der Waals surface area (Å²) in [5.74, 6) is -2.75. The van der Waals surface area contributed by atoms with Crippen LogP contribution in [-0.4, -0.2) is 45.8 Å². The minimum atomic E-state index is -1.03. The van der Waals surface area contributed by atoms with Gasteiger partial charge in [-0.2, -0.15) is 0 Å². The Labute approximate surface area is 144 Å². The SMILES string of the molecule is O=C1CCC(N2C(=O)c3cccc(NC(=O)CBr)c3C2=O)C(=O)N1. The molecule has 0 radical (unpaired) electrons. The molecule has 2 N–H and O–H groups in total. The average Bonchev–Trinajstić information content (AvgIpc) is 2.80. The van der Waals surface area contributed by atoms with E-state index >= 15 is 0 Å². The second-order valence-corrected chi connectivity index (χ2v) is 5.92. The lowest BCUT2D eigenvalue weighted by Gasteiger charge is -2.27. The van der Waals surface area contributed by atoms with Crippen LogP contribution in [-0.2, 0) is 14.4 Å². The van der Waals surface area contributed by atoms with Crippen LogP contribution in [0.5, 0.6) is 0 Å². The summed E-state index contributed by atoms with van der Waals surface area (Å²) in [5, 5.41) is 4.71. The summed E-state index contributed by atoms with van der Waals surface area (Å²) in [4.78, 5) is 60.9. The quantitative estimate of drug-likeness (QED) is 0.570. The Morgan fingerprint density at radius 2 is 2.00 bits per heavy atom. The fourth-order valence-corrected chi connectivity index (χ4v) is 2.94. The predicted molar refractivity (Wildman–Crippen MR) is 85.5 cm³/mol. The van der Waals surface area contributed by atoms with Gasteiger partial charge in [-0.25, -0.2) is 0 Å². The predicted octanol–water partition coefficient (Wildman–Crippen LogP) is 0.421. The summed E-state index contributed by atoms with van der Waals surface area (Å²) < 4.78 is 0. The van der Waals surface area contributed by atoms with Gasteiger partial charge in [0.25, 0.3) is 11.8 Å². The highest BCUT2D eigenvalue weighted by Gasteiger charge is 2.45. The fourth-order valence-electron chi connectivity index (χ4n) is 2.80. The van der Waals surface area contributed by atoms with E-state index in [2.05, 4.69) is 26.6 Å². The first-order valence-corrected chi connectivity index (χ1v) is 8.26. The number of hydrogen-bond donors (Lipinski definition) is 2. The van der Waals surface area contributed by atoms with Crippen LogP contribution in [0.15, 0.2) is 18.2 Å². The number of halogens is 1. The van der Waals surface area contributed by atoms with E-state index < -0.39 is 29.7 Å². The van der Waals surface area contributed by atoms with Crippen LogP contribution in [0.2, 0.25) is 0 Å². The number of alkyl halides is 1. The van der Waals surface area contributed by atoms with Gasteiger partial charge in [0, 0.05) is 6.42 Å². The Kier molecular flexibility index (Phi) is 4.18. The highest BCUT2D eigenvalue weighted by Crippen LogP contribution is 2.32. The zero-order chi connectivity index (χ0) is 17.4. The Balaban J connectivity index is 1.97. The van der Waals surface area contributed by atoms with E-state index in [0.717, 1.165) is 4.90 Å². The Morgan fingerprint density at radius 3 is 2.67 bits per heavy atom. The van der Waals surface area contributed by atoms with Crippen LogP contribution in [0.1, 0.15) is 33.6 Å². The lowest BCUT2D eigenvalue weighted by atomic mass is 10.0. The van der Waals surface area contributed by atoms with Gasteiger partial charge in [0.1, 0.15) is 6.04 Å². The molecule has 2 aliphatic rings. The van der Waals surface area contributed by atoms with Gasteiger partial charge >= 0.3 is 0 Å². The topological polar surface area (TPSA) is 113 Å². The normalized spacial score (nSPS) is 20.0. The lowest BCUT2D eigenvalue weighted by Crippen LogP contribution is -2.54. The summed E-state index contributed by atoms with van der Waals surface area (Å²) in [6.45, 7) is 0. The molecular formula is C15H12BrN3O5. The zero-order valence-corrected chi connectivity index (χ0v) is 13.9. The largest absolute Gasteiger partial charge is 0.325 e. The minimum Gasteiger partial charge on any atom is -0.325 e. The molecule has 124 valence electrons. The number of carbonyl (C=O) groups excluding carboxylic acids is 5. The number of piperidine rings is 1. The first kappa shape index (κ1) is 16.3. The molecule has 1 fully saturated rings. The molecule has 1 unspecified atom stereocenters. The molecule has 0 aliphatic carbocycles. The van der Waals surface area contributed by atoms with Gasteiger partial charge in [-0.15, -0.1) is 0 Å². The van der Waals surface area contributed by atoms with Crippen LogP contribution in [0, 0.1) is 0 Å². The number of nitrogens with zero attached hydrogens (tertiary/aromatic N) is 1. The van der Waals surface area contributed by atoms with E-state index in [1.165, 1.54) is 12.1 Å². The fraction of sp³-hybridized carbons (Fsp3) is 0.267. The van der Waals surface area contributed by atoms with Crippen molar-refractivity contribution in [2.24, 2.45) is 0 Å². The molecule has 0 spiro atoms. The monoisotopic (exact) mass is 393 g/mol. The summed E-state index contributed by atoms with van der Waals surface area (Å²) in [6.07, 6.45) is 0.135. The molecule has 1 atom stereocenters. The molecular weight excluding hydrogens is 382 g/mol. The highest BCUT2D eigenvalue weighted by atomic mass is 79.9. The van der Waals surface area contributed by atoms with Gasteiger partial charge in [-0.3, -0.25) is 34.2 Å². The smallest absolute Gasteiger partial charge is 0.264 e. The van der Waals surface area contributed by atoms with Crippen molar-refractivity contribution in [1.82, 2.24) is 10.2 Å². The number of imide groups is 2. The van der Waals surface area contributed by atoms with E-state index in [-0.39, 0.29) is 40.9 Å². The summed E-state index contributed by atoms with van der Waals surface area (Å²) in [5.41, 5.74) is 0.392. The van der Waals surface area contributed by atoms with Gasteiger partial charge in [0.05, 0.1) is 22.1 Å². The number of rotatable bonds is 3. The molecule has 1 aromatic rings. The number of amides is 5. The van der Waals surface area contributed by atoms with Gasteiger partial charge < -0.3 is 5.32 Å². The Morgan fingerprint density at radius 1 is 1.25 bits per heavy atom. The van der Waals surface area contributed by atoms with Gasteiger partial charge in [-0.05, 0) is 18.6 Å². The lowest BCUT2D eigenvalue weighted by molar-refractivity contribution is -0.136. The second kappa shape index (κ2) is 6.16. The molecule has 2 heterocycles. The van der Waals surface area contributed by atoms with E-state index in [0.29, 0.717) is 0 Å². The molecule has 5 amide bonds. The first-order chi connectivity index (χ1) is 11.4. The van der Waals surface area contributed by atoms with Crippen molar-refractivity contribution in [2.45, 2.75) is 18.9 Å². The molecule has 2 aliphatic heterocycles. The van der Waals surface area contributed by atoms with Crippen molar-refractivity contribution in [1.29, 1.82) is 0 Å². The van der Waals surface area contributed by atoms with Gasteiger partial charge in [-0.1, -0.05) is 22.0 Å². The molecule has 0 bridgehead atoms. The maximum Gasteiger partial charge on any atom is 0.264 e. The molecule has 1 saturated heterocycles. The standard InChI is InChI=1S/C15H12BrN3O5/c16-6-11(21)17-8-3-1-2-7-12(8)15(24)19(14(7)23)9-4-5-10(20)18-13(9)22/h1-3,9H,4-6H2,(H,17,21)(H,18,20,22). The number of benzene rings is 1. The van der Waals surface area contributed by atoms with E-state index in [1.807, 2.05) is 0 Å². The molecule has 1 aromatic carbocycles. The summed E-state index contributed by atoms with van der Waals surface area (Å²) in [7, 11) is 0. The molecule has 24 heavy (non-hydrogen) atoms. The van der Waals surface area contributed by atoms with E-state index in [9.17, 15) is 24.0 Å². The van der Waals surface area contributed by atoms with Crippen LogP contribution in [0.4, 0.5) is 5.69 Å². The third kappa shape index (κ3) is 2.60. The number of nitrogens with one attached hydrogen (secondary N) is 2. The first-order valence-electron chi connectivity index (χ1n) is 7.14. The molecule has 0 saturated carbocycles. The number of fused-ring (bicyclic) bond motifs is 1. The van der Waals surface area contributed by atoms with Crippen LogP contribution in [0.3, 0.4) is 0 Å². The third-order valence-corrected chi connectivity index (χ3v) is 4.37. The van der Waals surface area contributed by atoms with E-state index in [1.54, 1.807) is 6.07 Å². The zero-order valence-electron chi connectivity index (χ0n) is 12.3. The van der Waals surface area contributed by atoms with Gasteiger partial charge in [0.2, 0.25) is 17.7 Å². The number of hydrogen-bond acceptors (Lipinski definition) is 5. The van der Waals surface area contributed by atoms with Crippen LogP contribution < -0.4 is 10.6 Å². The van der Waals surface area contributed by atoms with Crippen molar-refractivity contribution >= 4 is 51.2 Å². The van der Waals surface area contributed by atoms with Crippen molar-refractivity contribution in [3.05, 3.63) is 29.3 Å². The molecule has 8 nitrogen and oxygen atoms in total. The van der Waals surface area contributed by atoms with Crippen LogP contribution >= 0.6 is 15.9 Å². The number of anilines is 1. The average molecular weight is 394 g/mol. The molecule has 0 aromatic heterocycles. The Hall–Kier alpha value is -2.55. The molecule has 3 rings (SSSR count). The second-order valence-electron chi connectivity index (χ2n) is 5.36. The maximum atomic E-state index is 12.7. The highest BCUT2D eigenvalue weighted by molar-refractivity contribution is 9.09. The van der Waals surface area contributed by atoms with Gasteiger partial charge in [0.15, 0.2) is 0 Å². The Bertz CT molecular complexity index is 791. The van der Waals surface area contributed by atoms with E-state index in [4.69, 9.17) is 0 Å².